The number of aryl methyl sites for hydroxylation is 1. The Morgan fingerprint density at radius 1 is 0.667 bits per heavy atom. The molecular formula is C26H26S. The summed E-state index contributed by atoms with van der Waals surface area (Å²) in [5.41, 5.74) is 1.46. The molecule has 0 aromatic heterocycles. The molecule has 0 aliphatic carbocycles. The molecule has 1 atom stereocenters. The average Bonchev–Trinajstić information content (AvgIpc) is 2.74. The third-order valence-corrected chi connectivity index (χ3v) is 7.49. The molecule has 0 aliphatic heterocycles. The highest BCUT2D eigenvalue weighted by Gasteiger charge is 2.15. The maximum absolute atomic E-state index is 2.44. The number of rotatable bonds is 6. The molecule has 1 unspecified atom stereocenters. The van der Waals surface area contributed by atoms with Crippen LogP contribution in [0.25, 0.3) is 10.8 Å². The Morgan fingerprint density at radius 2 is 1.37 bits per heavy atom. The molecule has 0 nitrogen and oxygen atoms in total. The lowest BCUT2D eigenvalue weighted by Gasteiger charge is -2.25. The highest BCUT2D eigenvalue weighted by Crippen LogP contribution is 2.53. The number of benzene rings is 4. The Labute approximate surface area is 165 Å². The van der Waals surface area contributed by atoms with Crippen LogP contribution < -0.4 is 0 Å². The van der Waals surface area contributed by atoms with Crippen molar-refractivity contribution in [2.75, 3.05) is 0 Å². The molecule has 1 heteroatoms. The number of fused-ring (bicyclic) bond motifs is 1. The first-order valence-corrected chi connectivity index (χ1v) is 11.1. The standard InChI is InChI=1S/C26H26S/c1-2-3-11-21-12-9-17-24(20-21)27(23-15-5-4-6-16-23)26-19-10-14-22-13-7-8-18-25(22)26/h4-10,12-20,27H,2-3,11H2,1H3. The quantitative estimate of drug-likeness (QED) is 0.331. The number of hydrogen-bond donors (Lipinski definition) is 1. The van der Waals surface area contributed by atoms with Crippen molar-refractivity contribution in [3.8, 4) is 0 Å². The van der Waals surface area contributed by atoms with Crippen LogP contribution in [-0.2, 0) is 6.42 Å². The van der Waals surface area contributed by atoms with E-state index in [2.05, 4.69) is 104 Å². The first-order valence-electron chi connectivity index (χ1n) is 9.78. The average molecular weight is 371 g/mol. The van der Waals surface area contributed by atoms with Crippen molar-refractivity contribution in [2.45, 2.75) is 40.9 Å². The van der Waals surface area contributed by atoms with Gasteiger partial charge in [0.05, 0.1) is 0 Å². The molecular weight excluding hydrogens is 344 g/mol. The summed E-state index contributed by atoms with van der Waals surface area (Å²) in [6, 6.07) is 35.8. The first-order chi connectivity index (χ1) is 13.4. The fourth-order valence-electron chi connectivity index (χ4n) is 3.64. The monoisotopic (exact) mass is 370 g/mol. The van der Waals surface area contributed by atoms with Gasteiger partial charge in [0.2, 0.25) is 0 Å². The number of thiol groups is 1. The minimum atomic E-state index is -0.577. The molecule has 0 heterocycles. The second kappa shape index (κ2) is 8.45. The molecule has 0 aliphatic rings. The topological polar surface area (TPSA) is 0 Å². The molecule has 0 saturated carbocycles. The maximum Gasteiger partial charge on any atom is 0.00337 e. The molecule has 4 rings (SSSR count). The van der Waals surface area contributed by atoms with Crippen molar-refractivity contribution in [3.63, 3.8) is 0 Å². The first kappa shape index (κ1) is 17.9. The fourth-order valence-corrected chi connectivity index (χ4v) is 6.17. The van der Waals surface area contributed by atoms with Crippen molar-refractivity contribution >= 4 is 21.7 Å². The zero-order valence-corrected chi connectivity index (χ0v) is 16.7. The third-order valence-electron chi connectivity index (χ3n) is 5.01. The fraction of sp³-hybridized carbons (Fsp3) is 0.154. The van der Waals surface area contributed by atoms with E-state index >= 15 is 0 Å². The summed E-state index contributed by atoms with van der Waals surface area (Å²) in [4.78, 5) is 4.31. The lowest BCUT2D eigenvalue weighted by atomic mass is 10.1. The van der Waals surface area contributed by atoms with Gasteiger partial charge in [0.1, 0.15) is 0 Å². The van der Waals surface area contributed by atoms with Crippen molar-refractivity contribution in [3.05, 3.63) is 103 Å². The molecule has 0 radical (unpaired) electrons. The Bertz CT molecular complexity index is 1010. The predicted octanol–water partition coefficient (Wildman–Crippen LogP) is 7.66. The van der Waals surface area contributed by atoms with Crippen LogP contribution in [0.3, 0.4) is 0 Å². The number of unbranched alkanes of at least 4 members (excludes halogenated alkanes) is 1. The van der Waals surface area contributed by atoms with E-state index in [9.17, 15) is 0 Å². The van der Waals surface area contributed by atoms with Gasteiger partial charge < -0.3 is 0 Å². The van der Waals surface area contributed by atoms with E-state index < -0.39 is 10.9 Å². The van der Waals surface area contributed by atoms with E-state index in [4.69, 9.17) is 0 Å². The van der Waals surface area contributed by atoms with Crippen LogP contribution >= 0.6 is 10.9 Å². The zero-order chi connectivity index (χ0) is 18.5. The van der Waals surface area contributed by atoms with Gasteiger partial charge in [-0.2, -0.15) is 10.9 Å². The van der Waals surface area contributed by atoms with E-state index in [0.717, 1.165) is 6.42 Å². The van der Waals surface area contributed by atoms with Gasteiger partial charge in [-0.05, 0) is 69.3 Å². The van der Waals surface area contributed by atoms with Gasteiger partial charge in [0, 0.05) is 4.90 Å². The predicted molar refractivity (Wildman–Crippen MR) is 119 cm³/mol. The van der Waals surface area contributed by atoms with Gasteiger partial charge >= 0.3 is 0 Å². The van der Waals surface area contributed by atoms with Gasteiger partial charge in [0.15, 0.2) is 0 Å². The van der Waals surface area contributed by atoms with E-state index in [1.165, 1.54) is 43.9 Å². The maximum atomic E-state index is 2.44. The Morgan fingerprint density at radius 3 is 2.22 bits per heavy atom. The summed E-state index contributed by atoms with van der Waals surface area (Å²) >= 11 is 0. The van der Waals surface area contributed by atoms with Crippen molar-refractivity contribution in [1.29, 1.82) is 0 Å². The molecule has 0 bridgehead atoms. The second-order valence-corrected chi connectivity index (χ2v) is 9.13. The summed E-state index contributed by atoms with van der Waals surface area (Å²) < 4.78 is 0. The summed E-state index contributed by atoms with van der Waals surface area (Å²) in [6.45, 7) is 2.26. The van der Waals surface area contributed by atoms with Gasteiger partial charge in [0.25, 0.3) is 0 Å². The molecule has 0 saturated heterocycles. The Kier molecular flexibility index (Phi) is 5.60. The van der Waals surface area contributed by atoms with E-state index in [1.807, 2.05) is 0 Å². The van der Waals surface area contributed by atoms with Gasteiger partial charge in [-0.25, -0.2) is 0 Å². The van der Waals surface area contributed by atoms with Crippen LogP contribution in [0.15, 0.2) is 112 Å². The van der Waals surface area contributed by atoms with Crippen LogP contribution in [0, 0.1) is 0 Å². The lowest BCUT2D eigenvalue weighted by Crippen LogP contribution is -1.92. The summed E-state index contributed by atoms with van der Waals surface area (Å²) in [5, 5.41) is 2.69. The summed E-state index contributed by atoms with van der Waals surface area (Å²) in [7, 11) is -0.577. The summed E-state index contributed by atoms with van der Waals surface area (Å²) in [5.74, 6) is 0. The lowest BCUT2D eigenvalue weighted by molar-refractivity contribution is 0.793. The molecule has 0 N–H and O–H groups in total. The SMILES string of the molecule is CCCCc1cccc([SH](c2ccccc2)c2cccc3ccccc23)c1. The molecule has 4 aromatic rings. The Balaban J connectivity index is 1.88. The van der Waals surface area contributed by atoms with Gasteiger partial charge in [-0.3, -0.25) is 0 Å². The van der Waals surface area contributed by atoms with Crippen molar-refractivity contribution < 1.29 is 0 Å². The van der Waals surface area contributed by atoms with E-state index in [0.29, 0.717) is 0 Å². The molecule has 27 heavy (non-hydrogen) atoms. The molecule has 136 valence electrons. The minimum absolute atomic E-state index is 0.577. The van der Waals surface area contributed by atoms with Gasteiger partial charge in [-0.1, -0.05) is 80.1 Å². The van der Waals surface area contributed by atoms with Crippen LogP contribution in [0.4, 0.5) is 0 Å². The minimum Gasteiger partial charge on any atom is -0.172 e. The smallest absolute Gasteiger partial charge is 0.00337 e. The largest absolute Gasteiger partial charge is 0.172 e. The van der Waals surface area contributed by atoms with E-state index in [1.54, 1.807) is 0 Å². The Hall–Kier alpha value is -2.51. The van der Waals surface area contributed by atoms with Gasteiger partial charge in [-0.15, -0.1) is 0 Å². The molecule has 0 spiro atoms. The summed E-state index contributed by atoms with van der Waals surface area (Å²) in [6.07, 6.45) is 3.65. The molecule has 4 aromatic carbocycles. The van der Waals surface area contributed by atoms with Crippen LogP contribution in [0.5, 0.6) is 0 Å². The van der Waals surface area contributed by atoms with Crippen LogP contribution in [0.1, 0.15) is 25.3 Å². The highest BCUT2D eigenvalue weighted by atomic mass is 32.2. The molecule has 0 fully saturated rings. The van der Waals surface area contributed by atoms with Crippen LogP contribution in [0.2, 0.25) is 0 Å². The van der Waals surface area contributed by atoms with Crippen molar-refractivity contribution in [2.24, 2.45) is 0 Å². The highest BCUT2D eigenvalue weighted by molar-refractivity contribution is 8.17. The normalized spacial score (nSPS) is 12.9. The van der Waals surface area contributed by atoms with E-state index in [-0.39, 0.29) is 0 Å². The number of hydrogen-bond acceptors (Lipinski definition) is 0. The zero-order valence-electron chi connectivity index (χ0n) is 15.8. The third kappa shape index (κ3) is 3.94. The second-order valence-electron chi connectivity index (χ2n) is 6.94. The molecule has 0 amide bonds. The van der Waals surface area contributed by atoms with Crippen molar-refractivity contribution in [1.82, 2.24) is 0 Å². The van der Waals surface area contributed by atoms with Crippen LogP contribution in [-0.4, -0.2) is 0 Å².